The Kier molecular flexibility index (Phi) is 4.11. The van der Waals surface area contributed by atoms with Crippen molar-refractivity contribution in [1.82, 2.24) is 0 Å². The Hall–Kier alpha value is -2.98. The quantitative estimate of drug-likeness (QED) is 0.488. The zero-order valence-electron chi connectivity index (χ0n) is 11.6. The minimum atomic E-state index is -0.646. The average molecular weight is 279 g/mol. The van der Waals surface area contributed by atoms with Gasteiger partial charge in [0.25, 0.3) is 0 Å². The van der Waals surface area contributed by atoms with Crippen LogP contribution in [0.2, 0.25) is 0 Å². The van der Waals surface area contributed by atoms with E-state index in [1.807, 2.05) is 6.07 Å². The molecule has 0 radical (unpaired) electrons. The van der Waals surface area contributed by atoms with E-state index in [1.165, 1.54) is 13.0 Å². The maximum absolute atomic E-state index is 11.7. The number of benzene rings is 1. The zero-order chi connectivity index (χ0) is 15.4. The van der Waals surface area contributed by atoms with Crippen LogP contribution in [0.15, 0.2) is 33.5 Å². The number of Topliss-reactive ketones (excluding diaryl/α,β-unsaturated/α-hetero) is 1. The van der Waals surface area contributed by atoms with E-state index in [1.54, 1.807) is 17.0 Å². The van der Waals surface area contributed by atoms with Gasteiger partial charge >= 0.3 is 5.63 Å². The van der Waals surface area contributed by atoms with Gasteiger partial charge in [0.05, 0.1) is 13.1 Å². The minimum Gasteiger partial charge on any atom is -0.422 e. The van der Waals surface area contributed by atoms with Crippen molar-refractivity contribution in [2.24, 2.45) is 0 Å². The van der Waals surface area contributed by atoms with Crippen molar-refractivity contribution >= 4 is 22.4 Å². The molecule has 0 spiro atoms. The summed E-state index contributed by atoms with van der Waals surface area (Å²) in [6.45, 7) is 2.03. The minimum absolute atomic E-state index is 0.0411. The SMILES string of the molecule is C#CCN(CC#C)c1ccc2cc(C(C)=O)c(=O)oc2c1. The number of rotatable bonds is 4. The van der Waals surface area contributed by atoms with E-state index >= 15 is 0 Å². The number of ketones is 1. The van der Waals surface area contributed by atoms with Crippen molar-refractivity contribution in [2.75, 3.05) is 18.0 Å². The second-order valence-corrected chi connectivity index (χ2v) is 4.49. The standard InChI is InChI=1S/C17H13NO3/c1-4-8-18(9-5-2)14-7-6-13-10-15(12(3)19)17(20)21-16(13)11-14/h1-2,6-7,10-11H,8-9H2,3H3. The maximum atomic E-state index is 11.7. The molecule has 104 valence electrons. The lowest BCUT2D eigenvalue weighted by Crippen LogP contribution is -2.23. The third kappa shape index (κ3) is 2.96. The molecule has 1 aromatic heterocycles. The first-order chi connectivity index (χ1) is 10.1. The van der Waals surface area contributed by atoms with Crippen LogP contribution in [0.5, 0.6) is 0 Å². The van der Waals surface area contributed by atoms with Gasteiger partial charge in [0.2, 0.25) is 0 Å². The third-order valence-electron chi connectivity index (χ3n) is 3.03. The average Bonchev–Trinajstić information content (AvgIpc) is 2.45. The largest absolute Gasteiger partial charge is 0.422 e. The van der Waals surface area contributed by atoms with Gasteiger partial charge in [-0.3, -0.25) is 4.79 Å². The van der Waals surface area contributed by atoms with Gasteiger partial charge in [-0.15, -0.1) is 12.8 Å². The predicted octanol–water partition coefficient (Wildman–Crippen LogP) is 2.07. The van der Waals surface area contributed by atoms with Gasteiger partial charge in [0.1, 0.15) is 11.1 Å². The van der Waals surface area contributed by atoms with Crippen LogP contribution in [-0.2, 0) is 0 Å². The van der Waals surface area contributed by atoms with Crippen LogP contribution >= 0.6 is 0 Å². The van der Waals surface area contributed by atoms with Crippen LogP contribution < -0.4 is 10.5 Å². The topological polar surface area (TPSA) is 50.5 Å². The number of hydrogen-bond acceptors (Lipinski definition) is 4. The van der Waals surface area contributed by atoms with Gasteiger partial charge in [-0.05, 0) is 25.1 Å². The van der Waals surface area contributed by atoms with Crippen molar-refractivity contribution in [3.8, 4) is 24.7 Å². The first kappa shape index (κ1) is 14.4. The summed E-state index contributed by atoms with van der Waals surface area (Å²) in [6.07, 6.45) is 10.6. The molecule has 2 rings (SSSR count). The van der Waals surface area contributed by atoms with Gasteiger partial charge in [-0.1, -0.05) is 11.8 Å². The number of carbonyl (C=O) groups is 1. The van der Waals surface area contributed by atoms with Crippen molar-refractivity contribution in [1.29, 1.82) is 0 Å². The van der Waals surface area contributed by atoms with E-state index in [-0.39, 0.29) is 11.3 Å². The van der Waals surface area contributed by atoms with E-state index in [9.17, 15) is 9.59 Å². The molecule has 2 aromatic rings. The fraction of sp³-hybridized carbons (Fsp3) is 0.176. The van der Waals surface area contributed by atoms with Crippen molar-refractivity contribution in [3.05, 3.63) is 40.2 Å². The van der Waals surface area contributed by atoms with Crippen molar-refractivity contribution in [3.63, 3.8) is 0 Å². The van der Waals surface area contributed by atoms with Crippen LogP contribution in [0.25, 0.3) is 11.0 Å². The van der Waals surface area contributed by atoms with Crippen LogP contribution in [-0.4, -0.2) is 18.9 Å². The third-order valence-corrected chi connectivity index (χ3v) is 3.03. The summed E-state index contributed by atoms with van der Waals surface area (Å²) in [4.78, 5) is 24.9. The molecule has 0 aliphatic rings. The van der Waals surface area contributed by atoms with Crippen LogP contribution in [0.3, 0.4) is 0 Å². The fourth-order valence-electron chi connectivity index (χ4n) is 2.00. The zero-order valence-corrected chi connectivity index (χ0v) is 11.6. The molecular formula is C17H13NO3. The molecule has 0 bridgehead atoms. The highest BCUT2D eigenvalue weighted by atomic mass is 16.4. The first-order valence-electron chi connectivity index (χ1n) is 6.27. The molecule has 0 saturated heterocycles. The number of terminal acetylenes is 2. The Labute approximate surface area is 122 Å². The van der Waals surface area contributed by atoms with Crippen LogP contribution in [0, 0.1) is 24.7 Å². The summed E-state index contributed by atoms with van der Waals surface area (Å²) in [6, 6.07) is 6.80. The monoisotopic (exact) mass is 279 g/mol. The number of hydrogen-bond donors (Lipinski definition) is 0. The Balaban J connectivity index is 2.55. The first-order valence-corrected chi connectivity index (χ1v) is 6.27. The molecule has 0 N–H and O–H groups in total. The molecule has 21 heavy (non-hydrogen) atoms. The number of carbonyl (C=O) groups excluding carboxylic acids is 1. The summed E-state index contributed by atoms with van der Waals surface area (Å²) < 4.78 is 5.19. The molecule has 4 nitrogen and oxygen atoms in total. The van der Waals surface area contributed by atoms with E-state index in [4.69, 9.17) is 17.3 Å². The molecule has 0 amide bonds. The van der Waals surface area contributed by atoms with Crippen molar-refractivity contribution < 1.29 is 9.21 Å². The highest BCUT2D eigenvalue weighted by Crippen LogP contribution is 2.21. The predicted molar refractivity (Wildman–Crippen MR) is 82.4 cm³/mol. The molecule has 0 fully saturated rings. The van der Waals surface area contributed by atoms with Gasteiger partial charge in [0.15, 0.2) is 5.78 Å². The lowest BCUT2D eigenvalue weighted by Gasteiger charge is -2.19. The lowest BCUT2D eigenvalue weighted by atomic mass is 10.1. The molecular weight excluding hydrogens is 266 g/mol. The highest BCUT2D eigenvalue weighted by Gasteiger charge is 2.11. The highest BCUT2D eigenvalue weighted by molar-refractivity contribution is 5.96. The Morgan fingerprint density at radius 1 is 1.24 bits per heavy atom. The second kappa shape index (κ2) is 5.98. The smallest absolute Gasteiger partial charge is 0.347 e. The summed E-state index contributed by atoms with van der Waals surface area (Å²) in [5, 5.41) is 0.671. The molecule has 0 unspecified atom stereocenters. The van der Waals surface area contributed by atoms with Gasteiger partial charge in [-0.2, -0.15) is 0 Å². The second-order valence-electron chi connectivity index (χ2n) is 4.49. The summed E-state index contributed by atoms with van der Waals surface area (Å²) >= 11 is 0. The van der Waals surface area contributed by atoms with Gasteiger partial charge < -0.3 is 9.32 Å². The van der Waals surface area contributed by atoms with E-state index < -0.39 is 5.63 Å². The molecule has 4 heteroatoms. The Bertz CT molecular complexity index is 818. The fourth-order valence-corrected chi connectivity index (χ4v) is 2.00. The summed E-state index contributed by atoms with van der Waals surface area (Å²) in [5.74, 6) is 4.73. The normalized spacial score (nSPS) is 9.86. The Morgan fingerprint density at radius 2 is 1.90 bits per heavy atom. The Morgan fingerprint density at radius 3 is 2.48 bits per heavy atom. The number of anilines is 1. The van der Waals surface area contributed by atoms with E-state index in [2.05, 4.69) is 11.8 Å². The molecule has 0 saturated carbocycles. The van der Waals surface area contributed by atoms with Crippen LogP contribution in [0.1, 0.15) is 17.3 Å². The number of nitrogens with zero attached hydrogens (tertiary/aromatic N) is 1. The van der Waals surface area contributed by atoms with E-state index in [0.717, 1.165) is 5.69 Å². The lowest BCUT2D eigenvalue weighted by molar-refractivity contribution is 0.101. The molecule has 0 atom stereocenters. The molecule has 0 aliphatic carbocycles. The molecule has 0 aliphatic heterocycles. The maximum Gasteiger partial charge on any atom is 0.347 e. The number of fused-ring (bicyclic) bond motifs is 1. The van der Waals surface area contributed by atoms with Crippen LogP contribution in [0.4, 0.5) is 5.69 Å². The van der Waals surface area contributed by atoms with Crippen molar-refractivity contribution in [2.45, 2.75) is 6.92 Å². The van der Waals surface area contributed by atoms with Gasteiger partial charge in [-0.25, -0.2) is 4.79 Å². The molecule has 1 heterocycles. The summed E-state index contributed by atoms with van der Waals surface area (Å²) in [7, 11) is 0. The molecule has 1 aromatic carbocycles. The van der Waals surface area contributed by atoms with E-state index in [0.29, 0.717) is 24.1 Å². The summed E-state index contributed by atoms with van der Waals surface area (Å²) in [5.41, 5.74) is 0.547. The van der Waals surface area contributed by atoms with Gasteiger partial charge in [0, 0.05) is 17.1 Å².